The van der Waals surface area contributed by atoms with Gasteiger partial charge in [-0.2, -0.15) is 0 Å². The van der Waals surface area contributed by atoms with Gasteiger partial charge in [-0.25, -0.2) is 4.98 Å². The predicted octanol–water partition coefficient (Wildman–Crippen LogP) is 4.38. The monoisotopic (exact) mass is 378 g/mol. The van der Waals surface area contributed by atoms with Crippen molar-refractivity contribution < 1.29 is 19.0 Å². The lowest BCUT2D eigenvalue weighted by molar-refractivity contribution is -0.115. The molecule has 0 radical (unpaired) electrons. The number of nitrogens with zero attached hydrogens (tertiary/aromatic N) is 1. The van der Waals surface area contributed by atoms with E-state index in [4.69, 9.17) is 14.2 Å². The summed E-state index contributed by atoms with van der Waals surface area (Å²) in [6.45, 7) is 1.98. The molecular formula is C22H22N2O4. The summed E-state index contributed by atoms with van der Waals surface area (Å²) in [5.74, 6) is 2.15. The van der Waals surface area contributed by atoms with E-state index in [1.807, 2.05) is 49.4 Å². The van der Waals surface area contributed by atoms with Crippen LogP contribution in [0.15, 0.2) is 60.8 Å². The number of aryl methyl sites for hydroxylation is 1. The van der Waals surface area contributed by atoms with Crippen molar-refractivity contribution in [3.8, 4) is 23.1 Å². The van der Waals surface area contributed by atoms with Crippen molar-refractivity contribution in [1.29, 1.82) is 0 Å². The van der Waals surface area contributed by atoms with Crippen molar-refractivity contribution in [2.24, 2.45) is 0 Å². The molecule has 1 amide bonds. The highest BCUT2D eigenvalue weighted by Crippen LogP contribution is 2.31. The lowest BCUT2D eigenvalue weighted by Crippen LogP contribution is -2.15. The highest BCUT2D eigenvalue weighted by Gasteiger charge is 2.10. The first-order valence-electron chi connectivity index (χ1n) is 8.79. The molecule has 2 aromatic carbocycles. The van der Waals surface area contributed by atoms with Crippen molar-refractivity contribution >= 4 is 11.6 Å². The largest absolute Gasteiger partial charge is 0.496 e. The van der Waals surface area contributed by atoms with Crippen molar-refractivity contribution in [3.05, 3.63) is 71.9 Å². The van der Waals surface area contributed by atoms with Crippen LogP contribution >= 0.6 is 0 Å². The second-order valence-electron chi connectivity index (χ2n) is 6.18. The number of ether oxygens (including phenoxy) is 3. The summed E-state index contributed by atoms with van der Waals surface area (Å²) in [5, 5.41) is 2.83. The maximum Gasteiger partial charge on any atom is 0.228 e. The molecule has 1 heterocycles. The van der Waals surface area contributed by atoms with Gasteiger partial charge in [-0.1, -0.05) is 24.3 Å². The second kappa shape index (κ2) is 8.90. The predicted molar refractivity (Wildman–Crippen MR) is 107 cm³/mol. The Bertz CT molecular complexity index is 955. The summed E-state index contributed by atoms with van der Waals surface area (Å²) in [5.41, 5.74) is 2.48. The third-order valence-electron chi connectivity index (χ3n) is 4.10. The fourth-order valence-corrected chi connectivity index (χ4v) is 2.71. The summed E-state index contributed by atoms with van der Waals surface area (Å²) < 4.78 is 16.4. The Balaban J connectivity index is 1.64. The quantitative estimate of drug-likeness (QED) is 0.661. The van der Waals surface area contributed by atoms with E-state index in [-0.39, 0.29) is 12.3 Å². The van der Waals surface area contributed by atoms with E-state index in [0.717, 1.165) is 11.1 Å². The van der Waals surface area contributed by atoms with Gasteiger partial charge in [-0.15, -0.1) is 0 Å². The average molecular weight is 378 g/mol. The number of benzene rings is 2. The van der Waals surface area contributed by atoms with E-state index in [1.165, 1.54) is 0 Å². The van der Waals surface area contributed by atoms with Crippen LogP contribution in [0, 0.1) is 6.92 Å². The van der Waals surface area contributed by atoms with Crippen molar-refractivity contribution in [1.82, 2.24) is 4.98 Å². The zero-order valence-corrected chi connectivity index (χ0v) is 16.1. The van der Waals surface area contributed by atoms with Crippen LogP contribution in [0.4, 0.5) is 5.69 Å². The molecule has 0 fully saturated rings. The molecule has 0 aliphatic carbocycles. The van der Waals surface area contributed by atoms with Gasteiger partial charge in [0.15, 0.2) is 11.5 Å². The fourth-order valence-electron chi connectivity index (χ4n) is 2.71. The number of hydrogen-bond acceptors (Lipinski definition) is 5. The van der Waals surface area contributed by atoms with E-state index in [9.17, 15) is 4.79 Å². The van der Waals surface area contributed by atoms with Crippen molar-refractivity contribution in [2.75, 3.05) is 19.5 Å². The topological polar surface area (TPSA) is 69.7 Å². The molecule has 0 atom stereocenters. The number of carbonyl (C=O) groups excluding carboxylic acids is 1. The maximum atomic E-state index is 12.3. The Morgan fingerprint density at radius 2 is 1.75 bits per heavy atom. The summed E-state index contributed by atoms with van der Waals surface area (Å²) >= 11 is 0. The molecule has 3 aromatic rings. The van der Waals surface area contributed by atoms with Crippen LogP contribution < -0.4 is 19.5 Å². The molecule has 1 aromatic heterocycles. The summed E-state index contributed by atoms with van der Waals surface area (Å²) in [4.78, 5) is 16.5. The minimum Gasteiger partial charge on any atom is -0.496 e. The zero-order valence-electron chi connectivity index (χ0n) is 16.1. The lowest BCUT2D eigenvalue weighted by Gasteiger charge is -2.11. The summed E-state index contributed by atoms with van der Waals surface area (Å²) in [7, 11) is 3.18. The van der Waals surface area contributed by atoms with Crippen LogP contribution in [0.1, 0.15) is 11.1 Å². The number of anilines is 1. The maximum absolute atomic E-state index is 12.3. The third kappa shape index (κ3) is 4.79. The number of pyridine rings is 1. The molecule has 0 bridgehead atoms. The van der Waals surface area contributed by atoms with Crippen LogP contribution in [0.2, 0.25) is 0 Å². The Labute approximate surface area is 164 Å². The number of methoxy groups -OCH3 is 2. The number of hydrogen-bond donors (Lipinski definition) is 1. The SMILES string of the molecule is COc1ccccc1CC(=O)Nc1ccc(Oc2ccc(C)cc2OC)nc1. The molecule has 6 heteroatoms. The molecule has 0 saturated heterocycles. The highest BCUT2D eigenvalue weighted by molar-refractivity contribution is 5.92. The molecular weight excluding hydrogens is 356 g/mol. The van der Waals surface area contributed by atoms with Crippen LogP contribution in [0.25, 0.3) is 0 Å². The average Bonchev–Trinajstić information content (AvgIpc) is 2.71. The molecule has 0 saturated carbocycles. The number of para-hydroxylation sites is 1. The number of amides is 1. The Kier molecular flexibility index (Phi) is 6.11. The van der Waals surface area contributed by atoms with Gasteiger partial charge in [0.05, 0.1) is 32.5 Å². The molecule has 1 N–H and O–H groups in total. The number of rotatable bonds is 7. The van der Waals surface area contributed by atoms with Gasteiger partial charge in [-0.3, -0.25) is 4.79 Å². The fraction of sp³-hybridized carbons (Fsp3) is 0.182. The van der Waals surface area contributed by atoms with Crippen LogP contribution in [-0.4, -0.2) is 25.1 Å². The van der Waals surface area contributed by atoms with Crippen LogP contribution in [-0.2, 0) is 11.2 Å². The molecule has 6 nitrogen and oxygen atoms in total. The van der Waals surface area contributed by atoms with Crippen molar-refractivity contribution in [3.63, 3.8) is 0 Å². The summed E-state index contributed by atoms with van der Waals surface area (Å²) in [6, 6.07) is 16.5. The first-order chi connectivity index (χ1) is 13.6. The lowest BCUT2D eigenvalue weighted by atomic mass is 10.1. The molecule has 144 valence electrons. The first-order valence-corrected chi connectivity index (χ1v) is 8.79. The first kappa shape index (κ1) is 19.2. The van der Waals surface area contributed by atoms with E-state index >= 15 is 0 Å². The molecule has 0 unspecified atom stereocenters. The van der Waals surface area contributed by atoms with Gasteiger partial charge >= 0.3 is 0 Å². The minimum atomic E-state index is -0.153. The van der Waals surface area contributed by atoms with Gasteiger partial charge in [0, 0.05) is 11.6 Å². The zero-order chi connectivity index (χ0) is 19.9. The van der Waals surface area contributed by atoms with Gasteiger partial charge in [-0.05, 0) is 36.8 Å². The highest BCUT2D eigenvalue weighted by atomic mass is 16.5. The molecule has 3 rings (SSSR count). The Hall–Kier alpha value is -3.54. The molecule has 0 aliphatic rings. The number of aromatic nitrogens is 1. The van der Waals surface area contributed by atoms with Crippen LogP contribution in [0.5, 0.6) is 23.1 Å². The van der Waals surface area contributed by atoms with Gasteiger partial charge in [0.25, 0.3) is 0 Å². The normalized spacial score (nSPS) is 10.2. The Morgan fingerprint density at radius 1 is 0.964 bits per heavy atom. The van der Waals surface area contributed by atoms with E-state index in [2.05, 4.69) is 10.3 Å². The molecule has 0 aliphatic heterocycles. The standard InChI is InChI=1S/C22H22N2O4/c1-15-8-10-19(20(12-15)27-3)28-22-11-9-17(14-23-22)24-21(25)13-16-6-4-5-7-18(16)26-2/h4-12,14H,13H2,1-3H3,(H,24,25). The van der Waals surface area contributed by atoms with Gasteiger partial charge < -0.3 is 19.5 Å². The smallest absolute Gasteiger partial charge is 0.228 e. The molecule has 28 heavy (non-hydrogen) atoms. The van der Waals surface area contributed by atoms with E-state index in [0.29, 0.717) is 28.8 Å². The minimum absolute atomic E-state index is 0.153. The number of carbonyl (C=O) groups is 1. The van der Waals surface area contributed by atoms with Gasteiger partial charge in [0.1, 0.15) is 5.75 Å². The molecule has 0 spiro atoms. The van der Waals surface area contributed by atoms with Gasteiger partial charge in [0.2, 0.25) is 11.8 Å². The van der Waals surface area contributed by atoms with Crippen LogP contribution in [0.3, 0.4) is 0 Å². The number of nitrogens with one attached hydrogen (secondary N) is 1. The Morgan fingerprint density at radius 3 is 2.46 bits per heavy atom. The van der Waals surface area contributed by atoms with Crippen molar-refractivity contribution in [2.45, 2.75) is 13.3 Å². The summed E-state index contributed by atoms with van der Waals surface area (Å²) in [6.07, 6.45) is 1.76. The van der Waals surface area contributed by atoms with E-state index < -0.39 is 0 Å². The second-order valence-corrected chi connectivity index (χ2v) is 6.18. The third-order valence-corrected chi connectivity index (χ3v) is 4.10. The van der Waals surface area contributed by atoms with E-state index in [1.54, 1.807) is 32.5 Å².